The Hall–Kier alpha value is -2.59. The van der Waals surface area contributed by atoms with Crippen molar-refractivity contribution in [1.29, 1.82) is 0 Å². The molecule has 1 aliphatic heterocycles. The van der Waals surface area contributed by atoms with Gasteiger partial charge in [-0.25, -0.2) is 0 Å². The maximum absolute atomic E-state index is 12.4. The summed E-state index contributed by atoms with van der Waals surface area (Å²) in [5.41, 5.74) is 3.78. The number of carbonyl (C=O) groups is 1. The number of hydrogen-bond donors (Lipinski definition) is 2. The maximum atomic E-state index is 12.4. The average molecular weight is 361 g/mol. The number of piperidine rings is 1. The summed E-state index contributed by atoms with van der Waals surface area (Å²) in [5, 5.41) is 4.46. The van der Waals surface area contributed by atoms with Crippen LogP contribution in [0.1, 0.15) is 42.9 Å². The van der Waals surface area contributed by atoms with Gasteiger partial charge in [0.05, 0.1) is 12.6 Å². The van der Waals surface area contributed by atoms with Gasteiger partial charge in [0.15, 0.2) is 0 Å². The number of fused-ring (bicyclic) bond motifs is 1. The summed E-state index contributed by atoms with van der Waals surface area (Å²) in [6.45, 7) is 4.46. The van der Waals surface area contributed by atoms with E-state index in [4.69, 9.17) is 0 Å². The van der Waals surface area contributed by atoms with E-state index in [-0.39, 0.29) is 11.9 Å². The molecule has 2 N–H and O–H groups in total. The summed E-state index contributed by atoms with van der Waals surface area (Å²) in [7, 11) is 0. The molecule has 1 atom stereocenters. The molecule has 140 valence electrons. The molecule has 0 aliphatic carbocycles. The fourth-order valence-corrected chi connectivity index (χ4v) is 4.15. The number of amides is 1. The third kappa shape index (κ3) is 4.06. The van der Waals surface area contributed by atoms with E-state index >= 15 is 0 Å². The molecule has 0 bridgehead atoms. The van der Waals surface area contributed by atoms with E-state index in [9.17, 15) is 4.79 Å². The first kappa shape index (κ1) is 17.8. The quantitative estimate of drug-likeness (QED) is 0.715. The Kier molecular flexibility index (Phi) is 5.26. The SMILES string of the molecule is CC(NC(=O)CN1CCC(c2c[nH]c3ccccc23)CC1)c1ccccc1. The van der Waals surface area contributed by atoms with E-state index in [2.05, 4.69) is 57.8 Å². The zero-order chi connectivity index (χ0) is 18.6. The topological polar surface area (TPSA) is 48.1 Å². The van der Waals surface area contributed by atoms with Crippen molar-refractivity contribution >= 4 is 16.8 Å². The Morgan fingerprint density at radius 2 is 1.81 bits per heavy atom. The van der Waals surface area contributed by atoms with Crippen LogP contribution in [0.2, 0.25) is 0 Å². The number of benzene rings is 2. The smallest absolute Gasteiger partial charge is 0.234 e. The van der Waals surface area contributed by atoms with Crippen LogP contribution in [0, 0.1) is 0 Å². The van der Waals surface area contributed by atoms with Crippen molar-refractivity contribution in [3.63, 3.8) is 0 Å². The van der Waals surface area contributed by atoms with Crippen molar-refractivity contribution in [3.05, 3.63) is 71.9 Å². The fraction of sp³-hybridized carbons (Fsp3) is 0.348. The molecule has 0 radical (unpaired) electrons. The third-order valence-corrected chi connectivity index (χ3v) is 5.69. The molecule has 0 saturated carbocycles. The molecule has 1 saturated heterocycles. The molecule has 4 nitrogen and oxygen atoms in total. The molecule has 1 aliphatic rings. The molecule has 1 aromatic heterocycles. The van der Waals surface area contributed by atoms with Crippen LogP contribution in [0.4, 0.5) is 0 Å². The number of aromatic amines is 1. The summed E-state index contributed by atoms with van der Waals surface area (Å²) in [6.07, 6.45) is 4.37. The second-order valence-corrected chi connectivity index (χ2v) is 7.54. The number of H-pyrrole nitrogens is 1. The van der Waals surface area contributed by atoms with Gasteiger partial charge in [0.25, 0.3) is 0 Å². The number of nitrogens with one attached hydrogen (secondary N) is 2. The number of hydrogen-bond acceptors (Lipinski definition) is 2. The van der Waals surface area contributed by atoms with Crippen molar-refractivity contribution in [3.8, 4) is 0 Å². The Labute approximate surface area is 160 Å². The van der Waals surface area contributed by atoms with Crippen LogP contribution in [0.3, 0.4) is 0 Å². The number of likely N-dealkylation sites (tertiary alicyclic amines) is 1. The molecule has 27 heavy (non-hydrogen) atoms. The molecule has 3 aromatic rings. The van der Waals surface area contributed by atoms with Crippen LogP contribution in [-0.4, -0.2) is 35.4 Å². The van der Waals surface area contributed by atoms with Gasteiger partial charge < -0.3 is 10.3 Å². The van der Waals surface area contributed by atoms with Crippen LogP contribution >= 0.6 is 0 Å². The van der Waals surface area contributed by atoms with E-state index in [1.807, 2.05) is 25.1 Å². The number of rotatable bonds is 5. The van der Waals surface area contributed by atoms with Crippen LogP contribution in [0.5, 0.6) is 0 Å². The maximum Gasteiger partial charge on any atom is 0.234 e. The Bertz CT molecular complexity index is 894. The van der Waals surface area contributed by atoms with E-state index in [1.54, 1.807) is 0 Å². The Morgan fingerprint density at radius 1 is 1.11 bits per heavy atom. The van der Waals surface area contributed by atoms with Crippen LogP contribution in [0.15, 0.2) is 60.8 Å². The predicted molar refractivity (Wildman–Crippen MR) is 110 cm³/mol. The molecule has 4 heteroatoms. The monoisotopic (exact) mass is 361 g/mol. The molecule has 2 heterocycles. The molecule has 4 rings (SSSR count). The molecular weight excluding hydrogens is 334 g/mol. The third-order valence-electron chi connectivity index (χ3n) is 5.69. The lowest BCUT2D eigenvalue weighted by Gasteiger charge is -2.31. The summed E-state index contributed by atoms with van der Waals surface area (Å²) < 4.78 is 0. The van der Waals surface area contributed by atoms with Gasteiger partial charge in [-0.05, 0) is 56.0 Å². The predicted octanol–water partition coefficient (Wildman–Crippen LogP) is 4.22. The van der Waals surface area contributed by atoms with Gasteiger partial charge in [0.1, 0.15) is 0 Å². The van der Waals surface area contributed by atoms with Crippen molar-refractivity contribution in [2.45, 2.75) is 31.7 Å². The van der Waals surface area contributed by atoms with E-state index in [1.165, 1.54) is 16.5 Å². The molecule has 1 amide bonds. The number of nitrogens with zero attached hydrogens (tertiary/aromatic N) is 1. The van der Waals surface area contributed by atoms with Gasteiger partial charge in [0.2, 0.25) is 5.91 Å². The highest BCUT2D eigenvalue weighted by atomic mass is 16.2. The molecule has 1 fully saturated rings. The highest BCUT2D eigenvalue weighted by Gasteiger charge is 2.24. The summed E-state index contributed by atoms with van der Waals surface area (Å²) in [6, 6.07) is 18.7. The van der Waals surface area contributed by atoms with Gasteiger partial charge in [0, 0.05) is 17.1 Å². The summed E-state index contributed by atoms with van der Waals surface area (Å²) in [4.78, 5) is 18.1. The van der Waals surface area contributed by atoms with Gasteiger partial charge in [-0.1, -0.05) is 48.5 Å². The minimum atomic E-state index is 0.0439. The molecule has 0 spiro atoms. The summed E-state index contributed by atoms with van der Waals surface area (Å²) >= 11 is 0. The van der Waals surface area contributed by atoms with Crippen molar-refractivity contribution in [2.24, 2.45) is 0 Å². The van der Waals surface area contributed by atoms with Crippen molar-refractivity contribution in [1.82, 2.24) is 15.2 Å². The zero-order valence-electron chi connectivity index (χ0n) is 15.8. The van der Waals surface area contributed by atoms with Crippen LogP contribution in [0.25, 0.3) is 10.9 Å². The first-order chi connectivity index (χ1) is 13.2. The van der Waals surface area contributed by atoms with Crippen LogP contribution < -0.4 is 5.32 Å². The lowest BCUT2D eigenvalue weighted by atomic mass is 9.89. The van der Waals surface area contributed by atoms with E-state index < -0.39 is 0 Å². The van der Waals surface area contributed by atoms with Crippen LogP contribution in [-0.2, 0) is 4.79 Å². The van der Waals surface area contributed by atoms with Gasteiger partial charge in [-0.15, -0.1) is 0 Å². The lowest BCUT2D eigenvalue weighted by Crippen LogP contribution is -2.41. The molecule has 2 aromatic carbocycles. The Balaban J connectivity index is 1.30. The summed E-state index contributed by atoms with van der Waals surface area (Å²) in [5.74, 6) is 0.681. The number of para-hydroxylation sites is 1. The molecular formula is C23H27N3O. The Morgan fingerprint density at radius 3 is 2.59 bits per heavy atom. The average Bonchev–Trinajstić information content (AvgIpc) is 3.13. The highest BCUT2D eigenvalue weighted by Crippen LogP contribution is 2.32. The lowest BCUT2D eigenvalue weighted by molar-refractivity contribution is -0.123. The zero-order valence-corrected chi connectivity index (χ0v) is 15.8. The standard InChI is InChI=1S/C23H27N3O/c1-17(18-7-3-2-4-8-18)25-23(27)16-26-13-11-19(12-14-26)21-15-24-22-10-6-5-9-20(21)22/h2-10,15,17,19,24H,11-14,16H2,1H3,(H,25,27). The minimum absolute atomic E-state index is 0.0439. The second-order valence-electron chi connectivity index (χ2n) is 7.54. The van der Waals surface area contributed by atoms with Gasteiger partial charge in [-0.3, -0.25) is 9.69 Å². The van der Waals surface area contributed by atoms with Gasteiger partial charge >= 0.3 is 0 Å². The van der Waals surface area contributed by atoms with Gasteiger partial charge in [-0.2, -0.15) is 0 Å². The largest absolute Gasteiger partial charge is 0.361 e. The second kappa shape index (κ2) is 7.97. The van der Waals surface area contributed by atoms with Crippen molar-refractivity contribution < 1.29 is 4.79 Å². The first-order valence-electron chi connectivity index (χ1n) is 9.83. The minimum Gasteiger partial charge on any atom is -0.361 e. The molecule has 1 unspecified atom stereocenters. The van der Waals surface area contributed by atoms with E-state index in [0.29, 0.717) is 12.5 Å². The van der Waals surface area contributed by atoms with Crippen molar-refractivity contribution in [2.75, 3.05) is 19.6 Å². The number of carbonyl (C=O) groups excluding carboxylic acids is 1. The normalized spacial score (nSPS) is 17.1. The number of aromatic nitrogens is 1. The first-order valence-corrected chi connectivity index (χ1v) is 9.83. The van der Waals surface area contributed by atoms with E-state index in [0.717, 1.165) is 31.5 Å². The highest BCUT2D eigenvalue weighted by molar-refractivity contribution is 5.83. The fourth-order valence-electron chi connectivity index (χ4n) is 4.15.